The van der Waals surface area contributed by atoms with Crippen LogP contribution < -0.4 is 14.5 Å². The van der Waals surface area contributed by atoms with E-state index in [1.165, 1.54) is 14.0 Å². The van der Waals surface area contributed by atoms with E-state index in [2.05, 4.69) is 31.0 Å². The predicted octanol–water partition coefficient (Wildman–Crippen LogP) is 4.17. The van der Waals surface area contributed by atoms with Crippen molar-refractivity contribution in [2.24, 2.45) is 5.10 Å². The molecular formula is C24H27BrN4O4S. The van der Waals surface area contributed by atoms with E-state index in [1.807, 2.05) is 44.2 Å². The van der Waals surface area contributed by atoms with Crippen LogP contribution in [0.1, 0.15) is 23.9 Å². The van der Waals surface area contributed by atoms with Gasteiger partial charge in [-0.25, -0.2) is 13.8 Å². The maximum absolute atomic E-state index is 12.8. The number of methoxy groups -OCH3 is 1. The van der Waals surface area contributed by atoms with Crippen molar-refractivity contribution in [2.45, 2.75) is 26.8 Å². The third-order valence-electron chi connectivity index (χ3n) is 5.33. The summed E-state index contributed by atoms with van der Waals surface area (Å²) in [5.41, 5.74) is 6.63. The molecule has 1 N–H and O–H groups in total. The number of ether oxygens (including phenoxy) is 1. The van der Waals surface area contributed by atoms with Crippen molar-refractivity contribution in [1.29, 1.82) is 0 Å². The Kier molecular flexibility index (Phi) is 7.83. The topological polar surface area (TPSA) is 93.0 Å². The van der Waals surface area contributed by atoms with E-state index < -0.39 is 22.0 Å². The van der Waals surface area contributed by atoms with E-state index >= 15 is 0 Å². The van der Waals surface area contributed by atoms with Crippen molar-refractivity contribution in [3.8, 4) is 11.4 Å². The average Bonchev–Trinajstić information content (AvgIpc) is 3.06. The largest absolute Gasteiger partial charge is 0.497 e. The first kappa shape index (κ1) is 25.5. The zero-order chi connectivity index (χ0) is 25.0. The minimum absolute atomic E-state index is 0.354. The molecule has 10 heteroatoms. The molecule has 0 spiro atoms. The number of amides is 1. The Morgan fingerprint density at radius 1 is 1.18 bits per heavy atom. The van der Waals surface area contributed by atoms with Crippen molar-refractivity contribution < 1.29 is 17.9 Å². The molecule has 0 aliphatic heterocycles. The third kappa shape index (κ3) is 5.68. The van der Waals surface area contributed by atoms with E-state index in [0.29, 0.717) is 11.4 Å². The lowest BCUT2D eigenvalue weighted by Crippen LogP contribution is -2.46. The Balaban J connectivity index is 1.79. The molecule has 0 aliphatic rings. The summed E-state index contributed by atoms with van der Waals surface area (Å²) in [6.07, 6.45) is 2.61. The van der Waals surface area contributed by atoms with Crippen molar-refractivity contribution in [1.82, 2.24) is 9.99 Å². The Hall–Kier alpha value is -3.11. The summed E-state index contributed by atoms with van der Waals surface area (Å²) in [5.74, 6) is 0.0256. The summed E-state index contributed by atoms with van der Waals surface area (Å²) in [7, 11) is -2.21. The van der Waals surface area contributed by atoms with Crippen LogP contribution >= 0.6 is 15.9 Å². The fourth-order valence-corrected chi connectivity index (χ4v) is 5.29. The molecule has 1 aromatic heterocycles. The summed E-state index contributed by atoms with van der Waals surface area (Å²) < 4.78 is 34.1. The molecule has 0 bridgehead atoms. The minimum Gasteiger partial charge on any atom is -0.497 e. The number of nitrogens with one attached hydrogen (secondary N) is 1. The number of aromatic nitrogens is 1. The third-order valence-corrected chi connectivity index (χ3v) is 7.07. The molecule has 3 rings (SSSR count). The highest BCUT2D eigenvalue weighted by Crippen LogP contribution is 2.24. The van der Waals surface area contributed by atoms with E-state index in [0.717, 1.165) is 37.7 Å². The fraction of sp³-hybridized carbons (Fsp3) is 0.250. The van der Waals surface area contributed by atoms with Crippen LogP contribution in [0, 0.1) is 13.8 Å². The molecule has 1 amide bonds. The van der Waals surface area contributed by atoms with Gasteiger partial charge in [0, 0.05) is 27.1 Å². The monoisotopic (exact) mass is 546 g/mol. The first-order valence-electron chi connectivity index (χ1n) is 10.4. The maximum atomic E-state index is 12.8. The number of hydrazone groups is 1. The summed E-state index contributed by atoms with van der Waals surface area (Å²) in [6, 6.07) is 15.3. The first-order valence-corrected chi connectivity index (χ1v) is 13.1. The number of benzene rings is 2. The van der Waals surface area contributed by atoms with Gasteiger partial charge in [0.1, 0.15) is 11.8 Å². The number of hydrogen-bond donors (Lipinski definition) is 1. The fourth-order valence-electron chi connectivity index (χ4n) is 3.73. The summed E-state index contributed by atoms with van der Waals surface area (Å²) >= 11 is 3.50. The lowest BCUT2D eigenvalue weighted by molar-refractivity contribution is -0.121. The second kappa shape index (κ2) is 10.4. The van der Waals surface area contributed by atoms with Gasteiger partial charge in [-0.15, -0.1) is 0 Å². The van der Waals surface area contributed by atoms with Crippen LogP contribution in [-0.2, 0) is 14.8 Å². The van der Waals surface area contributed by atoms with Crippen molar-refractivity contribution in [2.75, 3.05) is 17.7 Å². The van der Waals surface area contributed by atoms with E-state index in [-0.39, 0.29) is 0 Å². The summed E-state index contributed by atoms with van der Waals surface area (Å²) in [4.78, 5) is 12.8. The summed E-state index contributed by atoms with van der Waals surface area (Å²) in [6.45, 7) is 5.47. The second-order valence-corrected chi connectivity index (χ2v) is 10.6. The maximum Gasteiger partial charge on any atom is 0.263 e. The molecule has 0 saturated heterocycles. The number of aryl methyl sites for hydroxylation is 1. The smallest absolute Gasteiger partial charge is 0.263 e. The molecular weight excluding hydrogens is 520 g/mol. The lowest BCUT2D eigenvalue weighted by Gasteiger charge is -2.27. The van der Waals surface area contributed by atoms with E-state index in [9.17, 15) is 13.2 Å². The molecule has 180 valence electrons. The standard InChI is InChI=1S/C24H27BrN4O4S/c1-16-13-19(17(2)28(16)22-8-6-7-20(25)14-22)15-26-27-24(30)18(3)29(34(5,31)32)21-9-11-23(33-4)12-10-21/h6-15,18H,1-5H3,(H,27,30)/b26-15+. The molecule has 1 unspecified atom stereocenters. The predicted molar refractivity (Wildman–Crippen MR) is 138 cm³/mol. The number of hydrogen-bond acceptors (Lipinski definition) is 5. The molecule has 8 nitrogen and oxygen atoms in total. The summed E-state index contributed by atoms with van der Waals surface area (Å²) in [5, 5.41) is 4.09. The molecule has 2 aromatic carbocycles. The van der Waals surface area contributed by atoms with Gasteiger partial charge in [-0.1, -0.05) is 22.0 Å². The highest BCUT2D eigenvalue weighted by atomic mass is 79.9. The number of nitrogens with zero attached hydrogens (tertiary/aromatic N) is 3. The van der Waals surface area contributed by atoms with Gasteiger partial charge < -0.3 is 9.30 Å². The number of sulfonamides is 1. The number of rotatable bonds is 8. The molecule has 1 atom stereocenters. The molecule has 0 saturated carbocycles. The van der Waals surface area contributed by atoms with Gasteiger partial charge in [-0.3, -0.25) is 9.10 Å². The molecule has 34 heavy (non-hydrogen) atoms. The van der Waals surface area contributed by atoms with Crippen LogP contribution in [0.25, 0.3) is 5.69 Å². The van der Waals surface area contributed by atoms with Crippen molar-refractivity contribution in [3.63, 3.8) is 0 Å². The molecule has 0 fully saturated rings. The van der Waals surface area contributed by atoms with E-state index in [1.54, 1.807) is 30.5 Å². The van der Waals surface area contributed by atoms with Gasteiger partial charge in [0.2, 0.25) is 10.0 Å². The van der Waals surface area contributed by atoms with Gasteiger partial charge in [0.25, 0.3) is 5.91 Å². The zero-order valence-corrected chi connectivity index (χ0v) is 22.0. The van der Waals surface area contributed by atoms with Crippen LogP contribution in [0.3, 0.4) is 0 Å². The van der Waals surface area contributed by atoms with Crippen LogP contribution in [0.4, 0.5) is 5.69 Å². The van der Waals surface area contributed by atoms with Gasteiger partial charge in [-0.2, -0.15) is 5.10 Å². The van der Waals surface area contributed by atoms with Crippen LogP contribution in [0.5, 0.6) is 5.75 Å². The zero-order valence-electron chi connectivity index (χ0n) is 19.6. The Bertz CT molecular complexity index is 1320. The second-order valence-electron chi connectivity index (χ2n) is 7.81. The Morgan fingerprint density at radius 3 is 2.44 bits per heavy atom. The van der Waals surface area contributed by atoms with Gasteiger partial charge in [0.15, 0.2) is 0 Å². The Labute approximate surface area is 208 Å². The quantitative estimate of drug-likeness (QED) is 0.339. The SMILES string of the molecule is COc1ccc(N(C(C)C(=O)N/N=C/c2cc(C)n(-c3cccc(Br)c3)c2C)S(C)(=O)=O)cc1. The van der Waals surface area contributed by atoms with Gasteiger partial charge >= 0.3 is 0 Å². The number of carbonyl (C=O) groups excluding carboxylic acids is 1. The van der Waals surface area contributed by atoms with Gasteiger partial charge in [-0.05, 0) is 69.3 Å². The highest BCUT2D eigenvalue weighted by Gasteiger charge is 2.29. The number of anilines is 1. The average molecular weight is 547 g/mol. The van der Waals surface area contributed by atoms with E-state index in [4.69, 9.17) is 4.74 Å². The first-order chi connectivity index (χ1) is 16.0. The van der Waals surface area contributed by atoms with Crippen molar-refractivity contribution >= 4 is 43.8 Å². The van der Waals surface area contributed by atoms with Crippen LogP contribution in [-0.4, -0.2) is 44.5 Å². The van der Waals surface area contributed by atoms with Crippen LogP contribution in [0.15, 0.2) is 64.2 Å². The minimum atomic E-state index is -3.73. The molecule has 1 heterocycles. The molecule has 0 aliphatic carbocycles. The van der Waals surface area contributed by atoms with Crippen LogP contribution in [0.2, 0.25) is 0 Å². The number of carbonyl (C=O) groups is 1. The molecule has 0 radical (unpaired) electrons. The lowest BCUT2D eigenvalue weighted by atomic mass is 10.2. The highest BCUT2D eigenvalue weighted by molar-refractivity contribution is 9.10. The Morgan fingerprint density at radius 2 is 1.85 bits per heavy atom. The van der Waals surface area contributed by atoms with Crippen molar-refractivity contribution in [3.05, 3.63) is 76.0 Å². The normalized spacial score (nSPS) is 12.5. The number of halogens is 1. The molecule has 3 aromatic rings. The van der Waals surface area contributed by atoms with Gasteiger partial charge in [0.05, 0.1) is 25.3 Å².